The number of ether oxygens (including phenoxy) is 1. The highest BCUT2D eigenvalue weighted by Crippen LogP contribution is 2.42. The van der Waals surface area contributed by atoms with E-state index in [1.54, 1.807) is 23.1 Å². The number of anilines is 2. The number of phenolic OH excluding ortho intramolecular Hbond substituents is 1. The first kappa shape index (κ1) is 26.4. The fourth-order valence-electron chi connectivity index (χ4n) is 7.40. The van der Waals surface area contributed by atoms with Crippen LogP contribution in [-0.2, 0) is 13.0 Å². The summed E-state index contributed by atoms with van der Waals surface area (Å²) in [4.78, 5) is 27.8. The number of nitrogens with zero attached hydrogens (tertiary/aromatic N) is 4. The maximum atomic E-state index is 14.9. The number of halogens is 1. The summed E-state index contributed by atoms with van der Waals surface area (Å²) in [6.07, 6.45) is 6.88. The Labute approximate surface area is 239 Å². The molecule has 0 spiro atoms. The van der Waals surface area contributed by atoms with E-state index in [0.717, 1.165) is 51.9 Å². The molecule has 4 aliphatic rings. The zero-order valence-electron chi connectivity index (χ0n) is 23.5. The van der Waals surface area contributed by atoms with Gasteiger partial charge in [-0.15, -0.1) is 0 Å². The van der Waals surface area contributed by atoms with Gasteiger partial charge in [-0.3, -0.25) is 9.69 Å². The van der Waals surface area contributed by atoms with Crippen LogP contribution in [0.3, 0.4) is 0 Å². The molecule has 0 aliphatic carbocycles. The number of aryl methyl sites for hydroxylation is 1. The van der Waals surface area contributed by atoms with Gasteiger partial charge in [-0.25, -0.2) is 4.39 Å². The number of piperidine rings is 1. The van der Waals surface area contributed by atoms with Gasteiger partial charge in [0.05, 0.1) is 23.5 Å². The number of aromatic nitrogens is 2. The van der Waals surface area contributed by atoms with E-state index in [1.165, 1.54) is 18.9 Å². The van der Waals surface area contributed by atoms with Crippen LogP contribution < -0.4 is 20.3 Å². The molecule has 41 heavy (non-hydrogen) atoms. The lowest BCUT2D eigenvalue weighted by atomic mass is 9.95. The molecule has 0 atom stereocenters. The smallest absolute Gasteiger partial charge is 0.318 e. The number of hydrogen-bond acceptors (Lipinski definition) is 8. The molecule has 0 bridgehead atoms. The summed E-state index contributed by atoms with van der Waals surface area (Å²) in [5, 5.41) is 18.8. The van der Waals surface area contributed by atoms with Gasteiger partial charge in [-0.2, -0.15) is 9.97 Å². The van der Waals surface area contributed by atoms with Crippen molar-refractivity contribution in [1.82, 2.24) is 20.2 Å². The van der Waals surface area contributed by atoms with Crippen LogP contribution in [0.5, 0.6) is 11.8 Å². The van der Waals surface area contributed by atoms with Crippen molar-refractivity contribution in [2.24, 2.45) is 0 Å². The van der Waals surface area contributed by atoms with E-state index in [9.17, 15) is 14.3 Å². The predicted molar refractivity (Wildman–Crippen MR) is 155 cm³/mol. The quantitative estimate of drug-likeness (QED) is 0.392. The van der Waals surface area contributed by atoms with Gasteiger partial charge >= 0.3 is 6.01 Å². The Hall–Kier alpha value is -3.50. The SMILES string of the molecule is CCc1c(F)ccc2cc(O)cc(N3Cc4nc(OCC56CCCN5CCC6)nc(NC5CCNCC5)c4C3=O)c12. The van der Waals surface area contributed by atoms with Gasteiger partial charge in [0, 0.05) is 17.5 Å². The Balaban J connectivity index is 1.27. The second-order valence-corrected chi connectivity index (χ2v) is 11.9. The molecule has 216 valence electrons. The average Bonchev–Trinajstić information content (AvgIpc) is 3.65. The molecule has 1 aromatic heterocycles. The van der Waals surface area contributed by atoms with Crippen molar-refractivity contribution in [1.29, 1.82) is 0 Å². The molecule has 0 unspecified atom stereocenters. The minimum absolute atomic E-state index is 0.0185. The van der Waals surface area contributed by atoms with Crippen LogP contribution >= 0.6 is 0 Å². The Kier molecular flexibility index (Phi) is 6.70. The molecule has 0 radical (unpaired) electrons. The predicted octanol–water partition coefficient (Wildman–Crippen LogP) is 4.37. The summed E-state index contributed by atoms with van der Waals surface area (Å²) in [5.74, 6) is -0.0855. The van der Waals surface area contributed by atoms with E-state index >= 15 is 0 Å². The molecule has 3 fully saturated rings. The molecular formula is C31H37FN6O3. The number of nitrogens with one attached hydrogen (secondary N) is 2. The topological polar surface area (TPSA) is 103 Å². The Morgan fingerprint density at radius 2 is 1.95 bits per heavy atom. The third kappa shape index (κ3) is 4.57. The van der Waals surface area contributed by atoms with E-state index in [4.69, 9.17) is 14.7 Å². The molecule has 5 heterocycles. The van der Waals surface area contributed by atoms with Crippen molar-refractivity contribution in [3.05, 3.63) is 46.9 Å². The van der Waals surface area contributed by atoms with E-state index in [0.29, 0.717) is 52.1 Å². The zero-order chi connectivity index (χ0) is 28.1. The van der Waals surface area contributed by atoms with Gasteiger partial charge in [-0.1, -0.05) is 13.0 Å². The van der Waals surface area contributed by atoms with Crippen LogP contribution in [0.15, 0.2) is 24.3 Å². The highest BCUT2D eigenvalue weighted by molar-refractivity contribution is 6.16. The molecule has 9 nitrogen and oxygen atoms in total. The van der Waals surface area contributed by atoms with Crippen LogP contribution in [0.1, 0.15) is 67.1 Å². The highest BCUT2D eigenvalue weighted by atomic mass is 19.1. The highest BCUT2D eigenvalue weighted by Gasteiger charge is 2.45. The lowest BCUT2D eigenvalue weighted by Gasteiger charge is -2.31. The molecule has 3 aromatic rings. The molecule has 3 saturated heterocycles. The molecule has 0 saturated carbocycles. The fraction of sp³-hybridized carbons (Fsp3) is 0.516. The van der Waals surface area contributed by atoms with E-state index in [2.05, 4.69) is 15.5 Å². The van der Waals surface area contributed by atoms with Crippen LogP contribution in [0.25, 0.3) is 10.8 Å². The van der Waals surface area contributed by atoms with Gasteiger partial charge in [0.1, 0.15) is 29.6 Å². The normalized spacial score (nSPS) is 20.5. The standard InChI is InChI=1S/C31H37FN6O3/c1-2-22-23(32)6-5-19-15-21(39)16-25(26(19)22)38-17-24-27(29(38)40)28(34-20-7-11-33-12-8-20)36-30(35-24)41-18-31-9-3-13-37(31)14-4-10-31/h5-6,15-16,20,33,39H,2-4,7-14,17-18H2,1H3,(H,34,35,36). The van der Waals surface area contributed by atoms with Gasteiger partial charge in [0.25, 0.3) is 5.91 Å². The molecule has 10 heteroatoms. The van der Waals surface area contributed by atoms with Crippen molar-refractivity contribution < 1.29 is 19.0 Å². The summed E-state index contributed by atoms with van der Waals surface area (Å²) in [7, 11) is 0. The first-order chi connectivity index (χ1) is 20.0. The Morgan fingerprint density at radius 3 is 2.71 bits per heavy atom. The molecule has 4 aliphatic heterocycles. The maximum absolute atomic E-state index is 14.9. The number of benzene rings is 2. The monoisotopic (exact) mass is 560 g/mol. The van der Waals surface area contributed by atoms with Crippen LogP contribution in [-0.4, -0.2) is 70.2 Å². The Morgan fingerprint density at radius 1 is 1.17 bits per heavy atom. The zero-order valence-corrected chi connectivity index (χ0v) is 23.5. The first-order valence-corrected chi connectivity index (χ1v) is 15.0. The van der Waals surface area contributed by atoms with Crippen molar-refractivity contribution in [3.63, 3.8) is 0 Å². The van der Waals surface area contributed by atoms with Gasteiger partial charge < -0.3 is 25.4 Å². The summed E-state index contributed by atoms with van der Waals surface area (Å²) < 4.78 is 21.2. The number of aromatic hydroxyl groups is 1. The first-order valence-electron chi connectivity index (χ1n) is 15.0. The number of hydrogen-bond donors (Lipinski definition) is 3. The fourth-order valence-corrected chi connectivity index (χ4v) is 7.40. The minimum Gasteiger partial charge on any atom is -0.508 e. The number of fused-ring (bicyclic) bond motifs is 3. The summed E-state index contributed by atoms with van der Waals surface area (Å²) in [6.45, 7) is 6.62. The van der Waals surface area contributed by atoms with Gasteiger partial charge in [0.2, 0.25) is 0 Å². The van der Waals surface area contributed by atoms with Crippen LogP contribution in [0.2, 0.25) is 0 Å². The van der Waals surface area contributed by atoms with Crippen molar-refractivity contribution in [2.45, 2.75) is 70.0 Å². The number of carbonyl (C=O) groups is 1. The maximum Gasteiger partial charge on any atom is 0.318 e. The molecule has 3 N–H and O–H groups in total. The second kappa shape index (κ2) is 10.4. The van der Waals surface area contributed by atoms with Crippen LogP contribution in [0.4, 0.5) is 15.9 Å². The third-order valence-corrected chi connectivity index (χ3v) is 9.47. The molecule has 2 aromatic carbocycles. The van der Waals surface area contributed by atoms with Crippen molar-refractivity contribution in [2.75, 3.05) is 43.0 Å². The van der Waals surface area contributed by atoms with E-state index in [1.807, 2.05) is 6.92 Å². The lowest BCUT2D eigenvalue weighted by Crippen LogP contribution is -2.43. The van der Waals surface area contributed by atoms with Crippen LogP contribution in [0, 0.1) is 5.82 Å². The second-order valence-electron chi connectivity index (χ2n) is 11.9. The number of carbonyl (C=O) groups excluding carboxylic acids is 1. The van der Waals surface area contributed by atoms with Gasteiger partial charge in [0.15, 0.2) is 0 Å². The van der Waals surface area contributed by atoms with E-state index < -0.39 is 0 Å². The largest absolute Gasteiger partial charge is 0.508 e. The molecule has 7 rings (SSSR count). The van der Waals surface area contributed by atoms with Crippen molar-refractivity contribution in [3.8, 4) is 11.8 Å². The van der Waals surface area contributed by atoms with Gasteiger partial charge in [-0.05, 0) is 94.2 Å². The average molecular weight is 561 g/mol. The third-order valence-electron chi connectivity index (χ3n) is 9.47. The Bertz CT molecular complexity index is 1500. The van der Waals surface area contributed by atoms with Crippen molar-refractivity contribution >= 4 is 28.2 Å². The minimum atomic E-state index is -0.327. The summed E-state index contributed by atoms with van der Waals surface area (Å²) in [6, 6.07) is 6.66. The summed E-state index contributed by atoms with van der Waals surface area (Å²) >= 11 is 0. The number of amides is 1. The number of rotatable bonds is 7. The van der Waals surface area contributed by atoms with E-state index in [-0.39, 0.29) is 41.6 Å². The summed E-state index contributed by atoms with van der Waals surface area (Å²) in [5.41, 5.74) is 2.04. The molecular weight excluding hydrogens is 523 g/mol. The lowest BCUT2D eigenvalue weighted by molar-refractivity contribution is 0.0996. The number of phenols is 1. The molecule has 1 amide bonds.